The van der Waals surface area contributed by atoms with Gasteiger partial charge in [-0.25, -0.2) is 0 Å². The lowest BCUT2D eigenvalue weighted by molar-refractivity contribution is 0.0267. The monoisotopic (exact) mass is 340 g/mol. The van der Waals surface area contributed by atoms with E-state index in [2.05, 4.69) is 35.1 Å². The highest BCUT2D eigenvalue weighted by Crippen LogP contribution is 2.33. The number of hydrogen-bond acceptors (Lipinski definition) is 5. The van der Waals surface area contributed by atoms with Crippen molar-refractivity contribution in [1.82, 2.24) is 9.88 Å². The molecule has 1 saturated heterocycles. The first kappa shape index (κ1) is 16.4. The zero-order chi connectivity index (χ0) is 17.1. The van der Waals surface area contributed by atoms with Crippen LogP contribution in [0.5, 0.6) is 11.5 Å². The zero-order valence-corrected chi connectivity index (χ0v) is 14.6. The number of hydrogen-bond donors (Lipinski definition) is 0. The summed E-state index contributed by atoms with van der Waals surface area (Å²) in [5.41, 5.74) is 2.48. The molecule has 0 unspecified atom stereocenters. The Morgan fingerprint density at radius 1 is 1.08 bits per heavy atom. The fourth-order valence-corrected chi connectivity index (χ4v) is 3.61. The number of fused-ring (bicyclic) bond motifs is 1. The first-order chi connectivity index (χ1) is 12.3. The molecule has 2 aromatic rings. The molecule has 0 aliphatic carbocycles. The topological polar surface area (TPSA) is 43.8 Å². The van der Waals surface area contributed by atoms with Crippen LogP contribution in [0.1, 0.15) is 24.0 Å². The number of nitrogens with zero attached hydrogens (tertiary/aromatic N) is 2. The van der Waals surface area contributed by atoms with E-state index in [1.165, 1.54) is 11.1 Å². The van der Waals surface area contributed by atoms with Gasteiger partial charge in [-0.2, -0.15) is 0 Å². The van der Waals surface area contributed by atoms with Crippen molar-refractivity contribution in [3.8, 4) is 11.5 Å². The molecule has 2 atom stereocenters. The molecule has 5 heteroatoms. The van der Waals surface area contributed by atoms with Crippen LogP contribution in [0.15, 0.2) is 42.7 Å². The lowest BCUT2D eigenvalue weighted by Gasteiger charge is -2.21. The quantitative estimate of drug-likeness (QED) is 0.809. The fourth-order valence-electron chi connectivity index (χ4n) is 3.61. The highest BCUT2D eigenvalue weighted by Gasteiger charge is 2.27. The predicted molar refractivity (Wildman–Crippen MR) is 94.7 cm³/mol. The van der Waals surface area contributed by atoms with Gasteiger partial charge in [0.05, 0.1) is 12.2 Å². The van der Waals surface area contributed by atoms with E-state index in [1.54, 1.807) is 0 Å². The first-order valence-corrected chi connectivity index (χ1v) is 8.88. The van der Waals surface area contributed by atoms with Gasteiger partial charge in [-0.15, -0.1) is 0 Å². The molecule has 0 N–H and O–H groups in total. The summed E-state index contributed by atoms with van der Waals surface area (Å²) in [6.45, 7) is 2.18. The molecule has 3 heterocycles. The van der Waals surface area contributed by atoms with Crippen LogP contribution in [0.2, 0.25) is 0 Å². The minimum Gasteiger partial charge on any atom is -0.454 e. The van der Waals surface area contributed by atoms with Crippen LogP contribution in [0.4, 0.5) is 0 Å². The van der Waals surface area contributed by atoms with Gasteiger partial charge in [-0.05, 0) is 55.6 Å². The number of likely N-dealkylation sites (N-methyl/N-ethyl adjacent to an activating group) is 1. The summed E-state index contributed by atoms with van der Waals surface area (Å²) >= 11 is 0. The van der Waals surface area contributed by atoms with Gasteiger partial charge in [-0.1, -0.05) is 12.1 Å². The third-order valence-electron chi connectivity index (χ3n) is 4.79. The van der Waals surface area contributed by atoms with Gasteiger partial charge >= 0.3 is 0 Å². The van der Waals surface area contributed by atoms with Gasteiger partial charge in [0.15, 0.2) is 11.5 Å². The highest BCUT2D eigenvalue weighted by molar-refractivity contribution is 5.44. The Bertz CT molecular complexity index is 707. The molecule has 0 radical (unpaired) electrons. The Hall–Kier alpha value is -2.11. The molecular weight excluding hydrogens is 316 g/mol. The van der Waals surface area contributed by atoms with Gasteiger partial charge in [-0.3, -0.25) is 9.88 Å². The third-order valence-corrected chi connectivity index (χ3v) is 4.79. The molecule has 0 spiro atoms. The zero-order valence-electron chi connectivity index (χ0n) is 14.6. The maximum atomic E-state index is 6.26. The van der Waals surface area contributed by atoms with Crippen LogP contribution >= 0.6 is 0 Å². The van der Waals surface area contributed by atoms with E-state index in [9.17, 15) is 0 Å². The Balaban J connectivity index is 1.27. The largest absolute Gasteiger partial charge is 0.454 e. The Kier molecular flexibility index (Phi) is 4.85. The molecule has 2 aliphatic rings. The molecule has 0 bridgehead atoms. The standard InChI is InChI=1S/C20H24N2O3/c1-22(12-16-3-2-8-21-11-16)13-18-6-5-17(25-18)9-15-4-7-19-20(10-15)24-14-23-19/h2-4,7-8,10-11,17-18H,5-6,9,12-14H2,1H3/t17-,18+/m1/s1. The second-order valence-electron chi connectivity index (χ2n) is 6.91. The minimum atomic E-state index is 0.289. The summed E-state index contributed by atoms with van der Waals surface area (Å²) in [5, 5.41) is 0. The maximum Gasteiger partial charge on any atom is 0.231 e. The van der Waals surface area contributed by atoms with Gasteiger partial charge in [0.1, 0.15) is 0 Å². The van der Waals surface area contributed by atoms with Crippen molar-refractivity contribution in [2.75, 3.05) is 20.4 Å². The van der Waals surface area contributed by atoms with Crippen molar-refractivity contribution in [2.24, 2.45) is 0 Å². The number of rotatable bonds is 6. The summed E-state index contributed by atoms with van der Waals surface area (Å²) < 4.78 is 17.1. The molecular formula is C20H24N2O3. The molecule has 1 aromatic heterocycles. The van der Waals surface area contributed by atoms with E-state index >= 15 is 0 Å². The minimum absolute atomic E-state index is 0.289. The van der Waals surface area contributed by atoms with Crippen LogP contribution in [-0.2, 0) is 17.7 Å². The maximum absolute atomic E-state index is 6.26. The normalized spacial score (nSPS) is 21.8. The van der Waals surface area contributed by atoms with E-state index in [0.717, 1.165) is 43.9 Å². The number of pyridine rings is 1. The Morgan fingerprint density at radius 2 is 1.96 bits per heavy atom. The van der Waals surface area contributed by atoms with E-state index in [4.69, 9.17) is 14.2 Å². The molecule has 5 nitrogen and oxygen atoms in total. The van der Waals surface area contributed by atoms with Crippen molar-refractivity contribution in [3.63, 3.8) is 0 Å². The molecule has 132 valence electrons. The molecule has 1 aromatic carbocycles. The van der Waals surface area contributed by atoms with Crippen LogP contribution in [0.25, 0.3) is 0 Å². The van der Waals surface area contributed by atoms with E-state index in [-0.39, 0.29) is 6.10 Å². The second kappa shape index (κ2) is 7.42. The molecule has 2 aliphatic heterocycles. The summed E-state index contributed by atoms with van der Waals surface area (Å²) in [5.74, 6) is 1.69. The molecule has 1 fully saturated rings. The van der Waals surface area contributed by atoms with Crippen molar-refractivity contribution < 1.29 is 14.2 Å². The average Bonchev–Trinajstić information content (AvgIpc) is 3.24. The van der Waals surface area contributed by atoms with Gasteiger partial charge in [0.2, 0.25) is 6.79 Å². The lowest BCUT2D eigenvalue weighted by atomic mass is 10.0. The van der Waals surface area contributed by atoms with Crippen LogP contribution < -0.4 is 9.47 Å². The molecule has 4 rings (SSSR count). The Labute approximate surface area is 148 Å². The van der Waals surface area contributed by atoms with Crippen LogP contribution in [-0.4, -0.2) is 42.5 Å². The van der Waals surface area contributed by atoms with Crippen molar-refractivity contribution in [1.29, 1.82) is 0 Å². The van der Waals surface area contributed by atoms with Gasteiger partial charge in [0, 0.05) is 25.5 Å². The van der Waals surface area contributed by atoms with Crippen molar-refractivity contribution in [3.05, 3.63) is 53.9 Å². The molecule has 0 saturated carbocycles. The summed E-state index contributed by atoms with van der Waals surface area (Å²) in [6.07, 6.45) is 7.49. The summed E-state index contributed by atoms with van der Waals surface area (Å²) in [4.78, 5) is 6.49. The smallest absolute Gasteiger partial charge is 0.231 e. The molecule has 25 heavy (non-hydrogen) atoms. The molecule has 0 amide bonds. The predicted octanol–water partition coefficient (Wildman–Crippen LogP) is 3.03. The van der Waals surface area contributed by atoms with Gasteiger partial charge < -0.3 is 14.2 Å². The lowest BCUT2D eigenvalue weighted by Crippen LogP contribution is -2.29. The number of aromatic nitrogens is 1. The third kappa shape index (κ3) is 4.11. The number of benzene rings is 1. The highest BCUT2D eigenvalue weighted by atomic mass is 16.7. The van der Waals surface area contributed by atoms with Crippen molar-refractivity contribution in [2.45, 2.75) is 38.0 Å². The van der Waals surface area contributed by atoms with E-state index in [0.29, 0.717) is 12.9 Å². The van der Waals surface area contributed by atoms with E-state index < -0.39 is 0 Å². The number of ether oxygens (including phenoxy) is 3. The van der Waals surface area contributed by atoms with E-state index in [1.807, 2.05) is 24.5 Å². The Morgan fingerprint density at radius 3 is 2.84 bits per heavy atom. The van der Waals surface area contributed by atoms with Crippen LogP contribution in [0, 0.1) is 0 Å². The summed E-state index contributed by atoms with van der Waals surface area (Å²) in [7, 11) is 2.14. The second-order valence-corrected chi connectivity index (χ2v) is 6.91. The summed E-state index contributed by atoms with van der Waals surface area (Å²) in [6, 6.07) is 10.3. The first-order valence-electron chi connectivity index (χ1n) is 8.88. The SMILES string of the molecule is CN(Cc1cccnc1)C[C@@H]1CC[C@H](Cc2ccc3c(c2)OCO3)O1. The fraction of sp³-hybridized carbons (Fsp3) is 0.450. The van der Waals surface area contributed by atoms with Crippen LogP contribution in [0.3, 0.4) is 0 Å². The van der Waals surface area contributed by atoms with Gasteiger partial charge in [0.25, 0.3) is 0 Å². The van der Waals surface area contributed by atoms with Crippen molar-refractivity contribution >= 4 is 0 Å². The average molecular weight is 340 g/mol.